The molecule has 1 saturated heterocycles. The molecule has 0 aliphatic carbocycles. The van der Waals surface area contributed by atoms with Gasteiger partial charge in [0.15, 0.2) is 0 Å². The van der Waals surface area contributed by atoms with Crippen LogP contribution >= 0.6 is 11.8 Å². The van der Waals surface area contributed by atoms with Crippen molar-refractivity contribution in [3.63, 3.8) is 0 Å². The molecule has 27 heavy (non-hydrogen) atoms. The van der Waals surface area contributed by atoms with E-state index in [2.05, 4.69) is 17.2 Å². The molecule has 2 amide bonds. The number of hydrogen-bond donors (Lipinski definition) is 1. The number of amides is 2. The summed E-state index contributed by atoms with van der Waals surface area (Å²) in [6.45, 7) is 1.30. The van der Waals surface area contributed by atoms with Crippen LogP contribution in [0.25, 0.3) is 0 Å². The van der Waals surface area contributed by atoms with Gasteiger partial charge in [-0.25, -0.2) is 4.79 Å². The van der Waals surface area contributed by atoms with Gasteiger partial charge in [0.1, 0.15) is 6.61 Å². The van der Waals surface area contributed by atoms with Crippen LogP contribution in [-0.4, -0.2) is 37.4 Å². The fourth-order valence-corrected chi connectivity index (χ4v) is 3.38. The maximum Gasteiger partial charge on any atom is 0.414 e. The topological polar surface area (TPSA) is 58.6 Å². The summed E-state index contributed by atoms with van der Waals surface area (Å²) in [5, 5.41) is 2.81. The molecule has 6 heteroatoms. The van der Waals surface area contributed by atoms with Crippen molar-refractivity contribution in [3.05, 3.63) is 60.2 Å². The molecule has 1 aliphatic rings. The number of nitrogens with zero attached hydrogens (tertiary/aromatic N) is 1. The molecule has 0 radical (unpaired) electrons. The zero-order valence-electron chi connectivity index (χ0n) is 14.8. The number of nitrogens with one attached hydrogen (secondary N) is 1. The van der Waals surface area contributed by atoms with Crippen molar-refractivity contribution in [2.75, 3.05) is 30.3 Å². The summed E-state index contributed by atoms with van der Waals surface area (Å²) in [6, 6.07) is 17.4. The second kappa shape index (κ2) is 9.70. The van der Waals surface area contributed by atoms with E-state index in [4.69, 9.17) is 4.74 Å². The fourth-order valence-electron chi connectivity index (χ4n) is 2.51. The molecule has 2 aromatic carbocycles. The standard InChI is InChI=1S/C21H20N2O3S/c24-20(12-16-27-19-6-2-1-3-7-19)22-13-4-5-17-8-10-18(11-9-17)23-14-15-26-21(23)25/h1-3,6-11H,12-16H2,(H,22,24). The Morgan fingerprint density at radius 2 is 1.93 bits per heavy atom. The number of carbonyl (C=O) groups is 2. The summed E-state index contributed by atoms with van der Waals surface area (Å²) in [4.78, 5) is 26.1. The van der Waals surface area contributed by atoms with Crippen LogP contribution in [0.2, 0.25) is 0 Å². The van der Waals surface area contributed by atoms with Crippen molar-refractivity contribution in [2.24, 2.45) is 0 Å². The molecular weight excluding hydrogens is 360 g/mol. The summed E-state index contributed by atoms with van der Waals surface area (Å²) < 4.78 is 4.92. The minimum Gasteiger partial charge on any atom is -0.447 e. The van der Waals surface area contributed by atoms with Crippen LogP contribution in [0, 0.1) is 11.8 Å². The van der Waals surface area contributed by atoms with Crippen LogP contribution in [0.1, 0.15) is 12.0 Å². The van der Waals surface area contributed by atoms with Crippen molar-refractivity contribution in [3.8, 4) is 11.8 Å². The molecule has 1 N–H and O–H groups in total. The van der Waals surface area contributed by atoms with Crippen molar-refractivity contribution < 1.29 is 14.3 Å². The van der Waals surface area contributed by atoms with Gasteiger partial charge in [0.05, 0.1) is 13.1 Å². The van der Waals surface area contributed by atoms with Crippen LogP contribution < -0.4 is 10.2 Å². The van der Waals surface area contributed by atoms with Gasteiger partial charge in [-0.3, -0.25) is 9.69 Å². The minimum absolute atomic E-state index is 0.00405. The molecule has 3 rings (SSSR count). The predicted octanol–water partition coefficient (Wildman–Crippen LogP) is 3.29. The minimum atomic E-state index is -0.318. The van der Waals surface area contributed by atoms with Crippen LogP contribution in [0.3, 0.4) is 0 Å². The zero-order valence-corrected chi connectivity index (χ0v) is 15.6. The third-order valence-electron chi connectivity index (χ3n) is 3.89. The Hall–Kier alpha value is -2.91. The largest absolute Gasteiger partial charge is 0.447 e. The second-order valence-corrected chi connectivity index (χ2v) is 6.97. The normalized spacial score (nSPS) is 12.9. The highest BCUT2D eigenvalue weighted by Gasteiger charge is 2.23. The van der Waals surface area contributed by atoms with Crippen LogP contribution in [0.15, 0.2) is 59.5 Å². The molecular formula is C21H20N2O3S. The van der Waals surface area contributed by atoms with E-state index in [-0.39, 0.29) is 12.0 Å². The molecule has 138 valence electrons. The highest BCUT2D eigenvalue weighted by Crippen LogP contribution is 2.19. The fraction of sp³-hybridized carbons (Fsp3) is 0.238. The smallest absolute Gasteiger partial charge is 0.414 e. The maximum atomic E-state index is 11.8. The SMILES string of the molecule is O=C(CCSc1ccccc1)NCC#Cc1ccc(N2CCOC2=O)cc1. The van der Waals surface area contributed by atoms with Gasteiger partial charge in [-0.05, 0) is 36.4 Å². The summed E-state index contributed by atoms with van der Waals surface area (Å²) in [5.74, 6) is 6.69. The Labute approximate surface area is 163 Å². The van der Waals surface area contributed by atoms with E-state index in [0.717, 1.165) is 21.9 Å². The summed E-state index contributed by atoms with van der Waals surface area (Å²) in [7, 11) is 0. The molecule has 2 aromatic rings. The average Bonchev–Trinajstić information content (AvgIpc) is 3.12. The quantitative estimate of drug-likeness (QED) is 0.617. The van der Waals surface area contributed by atoms with Gasteiger partial charge >= 0.3 is 6.09 Å². The van der Waals surface area contributed by atoms with Gasteiger partial charge in [-0.2, -0.15) is 0 Å². The Bertz CT molecular complexity index is 841. The average molecular weight is 380 g/mol. The van der Waals surface area contributed by atoms with Crippen molar-refractivity contribution in [1.29, 1.82) is 0 Å². The lowest BCUT2D eigenvalue weighted by molar-refractivity contribution is -0.120. The number of hydrogen-bond acceptors (Lipinski definition) is 4. The van der Waals surface area contributed by atoms with E-state index in [1.54, 1.807) is 16.7 Å². The third kappa shape index (κ3) is 5.80. The Morgan fingerprint density at radius 3 is 2.63 bits per heavy atom. The zero-order chi connectivity index (χ0) is 18.9. The molecule has 1 fully saturated rings. The number of benzene rings is 2. The molecule has 1 aliphatic heterocycles. The predicted molar refractivity (Wildman–Crippen MR) is 107 cm³/mol. The highest BCUT2D eigenvalue weighted by atomic mass is 32.2. The lowest BCUT2D eigenvalue weighted by Gasteiger charge is -2.11. The molecule has 1 heterocycles. The molecule has 0 saturated carbocycles. The van der Waals surface area contributed by atoms with Gasteiger partial charge < -0.3 is 10.1 Å². The summed E-state index contributed by atoms with van der Waals surface area (Å²) in [5.41, 5.74) is 1.63. The van der Waals surface area contributed by atoms with E-state index in [0.29, 0.717) is 26.1 Å². The number of cyclic esters (lactones) is 1. The summed E-state index contributed by atoms with van der Waals surface area (Å²) >= 11 is 1.66. The number of thioether (sulfide) groups is 1. The lowest BCUT2D eigenvalue weighted by Crippen LogP contribution is -2.23. The monoisotopic (exact) mass is 380 g/mol. The van der Waals surface area contributed by atoms with E-state index in [1.807, 2.05) is 54.6 Å². The number of rotatable bonds is 6. The molecule has 5 nitrogen and oxygen atoms in total. The first-order chi connectivity index (χ1) is 13.2. The first kappa shape index (κ1) is 18.9. The van der Waals surface area contributed by atoms with Crippen LogP contribution in [0.4, 0.5) is 10.5 Å². The molecule has 0 spiro atoms. The van der Waals surface area contributed by atoms with E-state index >= 15 is 0 Å². The maximum absolute atomic E-state index is 11.8. The Balaban J connectivity index is 1.38. The highest BCUT2D eigenvalue weighted by molar-refractivity contribution is 7.99. The molecule has 0 unspecified atom stereocenters. The van der Waals surface area contributed by atoms with Crippen LogP contribution in [-0.2, 0) is 9.53 Å². The van der Waals surface area contributed by atoms with Gasteiger partial charge in [-0.1, -0.05) is 30.0 Å². The van der Waals surface area contributed by atoms with Crippen molar-refractivity contribution in [1.82, 2.24) is 5.32 Å². The first-order valence-corrected chi connectivity index (χ1v) is 9.69. The van der Waals surface area contributed by atoms with Gasteiger partial charge in [-0.15, -0.1) is 11.8 Å². The number of anilines is 1. The van der Waals surface area contributed by atoms with E-state index in [1.165, 1.54) is 0 Å². The lowest BCUT2D eigenvalue weighted by atomic mass is 10.2. The Morgan fingerprint density at radius 1 is 1.15 bits per heavy atom. The number of ether oxygens (including phenoxy) is 1. The first-order valence-electron chi connectivity index (χ1n) is 8.70. The molecule has 0 atom stereocenters. The van der Waals surface area contributed by atoms with Crippen molar-refractivity contribution >= 4 is 29.4 Å². The van der Waals surface area contributed by atoms with Crippen LogP contribution in [0.5, 0.6) is 0 Å². The molecule has 0 aromatic heterocycles. The van der Waals surface area contributed by atoms with E-state index < -0.39 is 0 Å². The third-order valence-corrected chi connectivity index (χ3v) is 4.90. The number of carbonyl (C=O) groups excluding carboxylic acids is 2. The van der Waals surface area contributed by atoms with Crippen molar-refractivity contribution in [2.45, 2.75) is 11.3 Å². The van der Waals surface area contributed by atoms with Gasteiger partial charge in [0, 0.05) is 28.3 Å². The van der Waals surface area contributed by atoms with Gasteiger partial charge in [0.2, 0.25) is 5.91 Å². The Kier molecular flexibility index (Phi) is 6.78. The van der Waals surface area contributed by atoms with E-state index in [9.17, 15) is 9.59 Å². The second-order valence-electron chi connectivity index (χ2n) is 5.80. The van der Waals surface area contributed by atoms with Gasteiger partial charge in [0.25, 0.3) is 0 Å². The summed E-state index contributed by atoms with van der Waals surface area (Å²) in [6.07, 6.45) is 0.143. The molecule has 0 bridgehead atoms.